The fourth-order valence-electron chi connectivity index (χ4n) is 3.18. The zero-order valence-electron chi connectivity index (χ0n) is 16.9. The van der Waals surface area contributed by atoms with Crippen molar-refractivity contribution in [1.82, 2.24) is 14.9 Å². The summed E-state index contributed by atoms with van der Waals surface area (Å²) in [5, 5.41) is 3.38. The molecule has 158 valence electrons. The lowest BCUT2D eigenvalue weighted by Crippen LogP contribution is -2.29. The van der Waals surface area contributed by atoms with Gasteiger partial charge in [0.25, 0.3) is 10.1 Å². The summed E-state index contributed by atoms with van der Waals surface area (Å²) in [7, 11) is -4.04. The third-order valence-corrected chi connectivity index (χ3v) is 5.34. The molecule has 30 heavy (non-hydrogen) atoms. The number of aromatic nitrogens is 2. The van der Waals surface area contributed by atoms with Crippen LogP contribution in [0, 0.1) is 6.92 Å². The first-order chi connectivity index (χ1) is 14.4. The van der Waals surface area contributed by atoms with Crippen molar-refractivity contribution < 1.29 is 13.0 Å². The summed E-state index contributed by atoms with van der Waals surface area (Å²) in [5.41, 5.74) is 4.31. The fraction of sp³-hybridized carbons (Fsp3) is 0.273. The third kappa shape index (κ3) is 7.22. The molecule has 2 aromatic heterocycles. The van der Waals surface area contributed by atoms with Crippen molar-refractivity contribution in [2.24, 2.45) is 0 Å². The van der Waals surface area contributed by atoms with E-state index in [0.29, 0.717) is 25.2 Å². The fourth-order valence-corrected chi connectivity index (χ4v) is 3.90. The van der Waals surface area contributed by atoms with Crippen molar-refractivity contribution in [3.05, 3.63) is 89.5 Å². The molecule has 0 bridgehead atoms. The van der Waals surface area contributed by atoms with Gasteiger partial charge in [0.15, 0.2) is 0 Å². The molecule has 0 atom stereocenters. The van der Waals surface area contributed by atoms with E-state index in [2.05, 4.69) is 20.2 Å². The Morgan fingerprint density at radius 1 is 0.967 bits per heavy atom. The first kappa shape index (κ1) is 21.9. The summed E-state index contributed by atoms with van der Waals surface area (Å²) >= 11 is 0. The van der Waals surface area contributed by atoms with E-state index in [1.54, 1.807) is 18.5 Å². The van der Waals surface area contributed by atoms with Gasteiger partial charge in [0.2, 0.25) is 0 Å². The Kier molecular flexibility index (Phi) is 7.51. The van der Waals surface area contributed by atoms with Gasteiger partial charge in [0.1, 0.15) is 5.75 Å². The van der Waals surface area contributed by atoms with Crippen LogP contribution in [-0.2, 0) is 29.0 Å². The Morgan fingerprint density at radius 2 is 1.60 bits per heavy atom. The van der Waals surface area contributed by atoms with Crippen molar-refractivity contribution in [2.45, 2.75) is 25.8 Å². The van der Waals surface area contributed by atoms with Crippen LogP contribution in [0.2, 0.25) is 0 Å². The SMILES string of the molecule is Cc1cc(NCCN(Cc2ccccn2)Cc2ccccn2)ccc1CS(=O)(=O)O. The predicted molar refractivity (Wildman–Crippen MR) is 118 cm³/mol. The van der Waals surface area contributed by atoms with Gasteiger partial charge in [-0.25, -0.2) is 0 Å². The zero-order chi connectivity index (χ0) is 21.4. The van der Waals surface area contributed by atoms with Gasteiger partial charge in [0.05, 0.1) is 11.4 Å². The molecule has 0 unspecified atom stereocenters. The van der Waals surface area contributed by atoms with Gasteiger partial charge < -0.3 is 5.32 Å². The van der Waals surface area contributed by atoms with Crippen molar-refractivity contribution >= 4 is 15.8 Å². The molecule has 0 aliphatic heterocycles. The number of anilines is 1. The maximum Gasteiger partial charge on any atom is 0.269 e. The minimum atomic E-state index is -4.04. The van der Waals surface area contributed by atoms with E-state index in [4.69, 9.17) is 4.55 Å². The summed E-state index contributed by atoms with van der Waals surface area (Å²) < 4.78 is 31.3. The Bertz CT molecular complexity index is 1000. The quantitative estimate of drug-likeness (QED) is 0.480. The first-order valence-electron chi connectivity index (χ1n) is 9.70. The van der Waals surface area contributed by atoms with E-state index in [1.165, 1.54) is 0 Å². The van der Waals surface area contributed by atoms with Crippen LogP contribution < -0.4 is 5.32 Å². The predicted octanol–water partition coefficient (Wildman–Crippen LogP) is 3.29. The lowest BCUT2D eigenvalue weighted by molar-refractivity contribution is 0.261. The van der Waals surface area contributed by atoms with Gasteiger partial charge in [-0.2, -0.15) is 8.42 Å². The Hall–Kier alpha value is -2.81. The summed E-state index contributed by atoms with van der Waals surface area (Å²) in [4.78, 5) is 11.1. The number of rotatable bonds is 10. The van der Waals surface area contributed by atoms with Gasteiger partial charge in [0, 0.05) is 44.3 Å². The van der Waals surface area contributed by atoms with Crippen LogP contribution in [0.25, 0.3) is 0 Å². The summed E-state index contributed by atoms with van der Waals surface area (Å²) in [6.45, 7) is 4.74. The van der Waals surface area contributed by atoms with Gasteiger partial charge >= 0.3 is 0 Å². The highest BCUT2D eigenvalue weighted by Crippen LogP contribution is 2.17. The van der Waals surface area contributed by atoms with E-state index in [1.807, 2.05) is 55.5 Å². The normalized spacial score (nSPS) is 11.6. The van der Waals surface area contributed by atoms with Crippen LogP contribution in [0.15, 0.2) is 67.0 Å². The third-order valence-electron chi connectivity index (χ3n) is 4.66. The number of benzene rings is 1. The number of hydrogen-bond acceptors (Lipinski definition) is 6. The molecule has 3 aromatic rings. The molecular formula is C22H26N4O3S. The molecule has 0 radical (unpaired) electrons. The molecule has 0 saturated heterocycles. The second kappa shape index (κ2) is 10.3. The Morgan fingerprint density at radius 3 is 2.10 bits per heavy atom. The van der Waals surface area contributed by atoms with Crippen molar-refractivity contribution in [1.29, 1.82) is 0 Å². The smallest absolute Gasteiger partial charge is 0.269 e. The maximum atomic E-state index is 11.1. The highest BCUT2D eigenvalue weighted by Gasteiger charge is 2.11. The molecule has 8 heteroatoms. The molecule has 0 fully saturated rings. The van der Waals surface area contributed by atoms with Crippen molar-refractivity contribution in [3.8, 4) is 0 Å². The molecule has 0 aliphatic carbocycles. The molecule has 0 spiro atoms. The van der Waals surface area contributed by atoms with Crippen LogP contribution >= 0.6 is 0 Å². The number of aryl methyl sites for hydroxylation is 1. The van der Waals surface area contributed by atoms with Gasteiger partial charge in [-0.15, -0.1) is 0 Å². The molecule has 2 heterocycles. The standard InChI is InChI=1S/C22H26N4O3S/c1-18-14-20(9-8-19(18)17-30(27,28)29)25-12-13-26(15-21-6-2-4-10-23-21)16-22-7-3-5-11-24-22/h2-11,14,25H,12-13,15-17H2,1H3,(H,27,28,29). The lowest BCUT2D eigenvalue weighted by Gasteiger charge is -2.22. The average molecular weight is 427 g/mol. The number of nitrogens with one attached hydrogen (secondary N) is 1. The van der Waals surface area contributed by atoms with Crippen LogP contribution in [0.1, 0.15) is 22.5 Å². The highest BCUT2D eigenvalue weighted by molar-refractivity contribution is 7.85. The number of pyridine rings is 2. The van der Waals surface area contributed by atoms with E-state index in [-0.39, 0.29) is 5.75 Å². The topological polar surface area (TPSA) is 95.4 Å². The van der Waals surface area contributed by atoms with Gasteiger partial charge in [-0.1, -0.05) is 18.2 Å². The molecular weight excluding hydrogens is 400 g/mol. The Balaban J connectivity index is 1.61. The van der Waals surface area contributed by atoms with Gasteiger partial charge in [-0.3, -0.25) is 19.4 Å². The summed E-state index contributed by atoms with van der Waals surface area (Å²) in [6, 6.07) is 17.2. The van der Waals surface area contributed by atoms with Crippen molar-refractivity contribution in [2.75, 3.05) is 18.4 Å². The molecule has 2 N–H and O–H groups in total. The van der Waals surface area contributed by atoms with Gasteiger partial charge in [-0.05, 0) is 54.4 Å². The van der Waals surface area contributed by atoms with Crippen LogP contribution in [0.4, 0.5) is 5.69 Å². The molecule has 7 nitrogen and oxygen atoms in total. The number of nitrogens with zero attached hydrogens (tertiary/aromatic N) is 3. The molecule has 1 aromatic carbocycles. The summed E-state index contributed by atoms with van der Waals surface area (Å²) in [5.74, 6) is -0.374. The number of hydrogen-bond donors (Lipinski definition) is 2. The average Bonchev–Trinajstić information content (AvgIpc) is 2.70. The first-order valence-corrected chi connectivity index (χ1v) is 11.3. The lowest BCUT2D eigenvalue weighted by atomic mass is 10.1. The summed E-state index contributed by atoms with van der Waals surface area (Å²) in [6.07, 6.45) is 3.59. The van der Waals surface area contributed by atoms with Crippen LogP contribution in [0.3, 0.4) is 0 Å². The Labute approximate surface area is 177 Å². The highest BCUT2D eigenvalue weighted by atomic mass is 32.2. The van der Waals surface area contributed by atoms with E-state index >= 15 is 0 Å². The van der Waals surface area contributed by atoms with Crippen LogP contribution in [-0.4, -0.2) is 40.9 Å². The molecule has 3 rings (SSSR count). The second-order valence-corrected chi connectivity index (χ2v) is 8.60. The molecule has 0 amide bonds. The molecule has 0 saturated carbocycles. The minimum Gasteiger partial charge on any atom is -0.384 e. The second-order valence-electron chi connectivity index (χ2n) is 7.15. The minimum absolute atomic E-state index is 0.374. The maximum absolute atomic E-state index is 11.1. The van der Waals surface area contributed by atoms with Crippen LogP contribution in [0.5, 0.6) is 0 Å². The van der Waals surface area contributed by atoms with Crippen molar-refractivity contribution in [3.63, 3.8) is 0 Å². The van der Waals surface area contributed by atoms with E-state index in [0.717, 1.165) is 29.2 Å². The monoisotopic (exact) mass is 426 g/mol. The molecule has 0 aliphatic rings. The largest absolute Gasteiger partial charge is 0.384 e. The zero-order valence-corrected chi connectivity index (χ0v) is 17.7. The van der Waals surface area contributed by atoms with E-state index < -0.39 is 10.1 Å². The van der Waals surface area contributed by atoms with E-state index in [9.17, 15) is 8.42 Å².